The number of aryl methyl sites for hydroxylation is 1. The van der Waals surface area contributed by atoms with Crippen molar-refractivity contribution in [3.63, 3.8) is 0 Å². The van der Waals surface area contributed by atoms with Crippen LogP contribution in [-0.4, -0.2) is 29.2 Å². The van der Waals surface area contributed by atoms with Crippen molar-refractivity contribution in [1.29, 1.82) is 0 Å². The van der Waals surface area contributed by atoms with Crippen LogP contribution in [-0.2, 0) is 17.8 Å². The van der Waals surface area contributed by atoms with Crippen LogP contribution < -0.4 is 26.4 Å². The first-order chi connectivity index (χ1) is 19.2. The zero-order chi connectivity index (χ0) is 28.8. The van der Waals surface area contributed by atoms with Crippen molar-refractivity contribution in [3.8, 4) is 5.75 Å². The van der Waals surface area contributed by atoms with Gasteiger partial charge in [-0.2, -0.15) is 4.37 Å². The number of nitrogens with two attached hydrogens (primary N) is 2. The second-order valence-corrected chi connectivity index (χ2v) is 9.59. The van der Waals surface area contributed by atoms with Crippen LogP contribution in [0.15, 0.2) is 72.8 Å². The molecule has 0 saturated carbocycles. The first-order valence-corrected chi connectivity index (χ1v) is 13.1. The van der Waals surface area contributed by atoms with Gasteiger partial charge in [-0.15, -0.1) is 0 Å². The summed E-state index contributed by atoms with van der Waals surface area (Å²) in [6, 6.07) is 18.4. The molecule has 0 radical (unpaired) electrons. The number of rotatable bonds is 10. The maximum atomic E-state index is 14.2. The predicted molar refractivity (Wildman–Crippen MR) is 152 cm³/mol. The van der Waals surface area contributed by atoms with Gasteiger partial charge in [0.25, 0.3) is 11.8 Å². The van der Waals surface area contributed by atoms with E-state index in [9.17, 15) is 18.8 Å². The Kier molecular flexibility index (Phi) is 8.75. The number of hydrogen-bond acceptors (Lipinski definition) is 7. The molecule has 3 amide bonds. The molecule has 206 valence electrons. The van der Waals surface area contributed by atoms with Gasteiger partial charge in [-0.05, 0) is 65.0 Å². The smallest absolute Gasteiger partial charge is 0.273 e. The minimum absolute atomic E-state index is 0.0465. The van der Waals surface area contributed by atoms with Crippen molar-refractivity contribution in [1.82, 2.24) is 9.69 Å². The van der Waals surface area contributed by atoms with Gasteiger partial charge in [0.1, 0.15) is 22.5 Å². The van der Waals surface area contributed by atoms with E-state index in [0.717, 1.165) is 22.7 Å². The molecule has 0 bridgehead atoms. The molecule has 4 aromatic rings. The van der Waals surface area contributed by atoms with Gasteiger partial charge in [-0.25, -0.2) is 4.39 Å². The average Bonchev–Trinajstić information content (AvgIpc) is 3.36. The fourth-order valence-corrected chi connectivity index (χ4v) is 4.98. The van der Waals surface area contributed by atoms with Crippen LogP contribution >= 0.6 is 11.5 Å². The molecule has 40 heavy (non-hydrogen) atoms. The number of anilines is 2. The number of nitrogens with zero attached hydrogens (tertiary/aromatic N) is 2. The lowest BCUT2D eigenvalue weighted by Gasteiger charge is -2.32. The normalized spacial score (nSPS) is 11.5. The second kappa shape index (κ2) is 12.4. The Morgan fingerprint density at radius 2 is 1.73 bits per heavy atom. The van der Waals surface area contributed by atoms with E-state index < -0.39 is 29.6 Å². The molecule has 11 heteroatoms. The minimum atomic E-state index is -1.22. The highest BCUT2D eigenvalue weighted by molar-refractivity contribution is 7.09. The largest absolute Gasteiger partial charge is 0.497 e. The standard InChI is InChI=1S/C29H28FN5O4S/c1-3-18-6-4-5-7-22(18)35(29(38)26-23(31)24(27(32)36)34-40-26)25(19-10-12-20(30)13-11-19)28(37)33-16-17-8-14-21(39-2)15-9-17/h4-15,25H,3,16,31H2,1-2H3,(H2,32,36)(H,33,37)/t25-/m0/s1. The number of para-hydroxylation sites is 1. The Bertz CT molecular complexity index is 1520. The molecule has 0 aliphatic carbocycles. The SMILES string of the molecule is CCc1ccccc1N(C(=O)c1snc(C(N)=O)c1N)[C@H](C(=O)NCc1ccc(OC)cc1)c1ccc(F)cc1. The summed E-state index contributed by atoms with van der Waals surface area (Å²) >= 11 is 0.719. The number of amides is 3. The molecule has 4 rings (SSSR count). The molecule has 0 saturated heterocycles. The molecule has 0 aliphatic heterocycles. The first kappa shape index (κ1) is 28.2. The van der Waals surface area contributed by atoms with E-state index in [0.29, 0.717) is 23.4 Å². The molecular weight excluding hydrogens is 533 g/mol. The van der Waals surface area contributed by atoms with Gasteiger partial charge < -0.3 is 21.5 Å². The van der Waals surface area contributed by atoms with Gasteiger partial charge in [0.05, 0.1) is 12.8 Å². The third kappa shape index (κ3) is 5.94. The van der Waals surface area contributed by atoms with Crippen molar-refractivity contribution in [2.75, 3.05) is 17.7 Å². The molecule has 1 aromatic heterocycles. The molecular formula is C29H28FN5O4S. The number of aromatic nitrogens is 1. The number of ether oxygens (including phenoxy) is 1. The zero-order valence-electron chi connectivity index (χ0n) is 21.9. The van der Waals surface area contributed by atoms with Gasteiger partial charge >= 0.3 is 0 Å². The molecule has 9 nitrogen and oxygen atoms in total. The van der Waals surface area contributed by atoms with Crippen molar-refractivity contribution in [3.05, 3.63) is 106 Å². The molecule has 5 N–H and O–H groups in total. The van der Waals surface area contributed by atoms with E-state index in [1.54, 1.807) is 31.4 Å². The average molecular weight is 562 g/mol. The molecule has 0 unspecified atom stereocenters. The summed E-state index contributed by atoms with van der Waals surface area (Å²) in [6.45, 7) is 2.08. The Balaban J connectivity index is 1.83. The van der Waals surface area contributed by atoms with Crippen molar-refractivity contribution < 1.29 is 23.5 Å². The highest BCUT2D eigenvalue weighted by Crippen LogP contribution is 2.35. The fraction of sp³-hybridized carbons (Fsp3) is 0.172. The van der Waals surface area contributed by atoms with E-state index in [4.69, 9.17) is 16.2 Å². The topological polar surface area (TPSA) is 141 Å². The number of benzene rings is 3. The number of hydrogen-bond donors (Lipinski definition) is 3. The van der Waals surface area contributed by atoms with Crippen LogP contribution in [0, 0.1) is 5.82 Å². The summed E-state index contributed by atoms with van der Waals surface area (Å²) < 4.78 is 23.1. The van der Waals surface area contributed by atoms with Gasteiger partial charge in [-0.3, -0.25) is 19.3 Å². The van der Waals surface area contributed by atoms with Crippen LogP contribution in [0.1, 0.15) is 49.8 Å². The number of carbonyl (C=O) groups is 3. The first-order valence-electron chi connectivity index (χ1n) is 12.4. The third-order valence-electron chi connectivity index (χ3n) is 6.32. The number of methoxy groups -OCH3 is 1. The summed E-state index contributed by atoms with van der Waals surface area (Å²) in [6.07, 6.45) is 0.550. The van der Waals surface area contributed by atoms with Crippen LogP contribution in [0.5, 0.6) is 5.75 Å². The van der Waals surface area contributed by atoms with Crippen molar-refractivity contribution in [2.45, 2.75) is 25.9 Å². The number of carbonyl (C=O) groups excluding carboxylic acids is 3. The molecule has 1 heterocycles. The summed E-state index contributed by atoms with van der Waals surface area (Å²) in [5, 5.41) is 2.90. The van der Waals surface area contributed by atoms with Crippen molar-refractivity contribution >= 4 is 40.6 Å². The zero-order valence-corrected chi connectivity index (χ0v) is 22.7. The molecule has 0 aliphatic rings. The van der Waals surface area contributed by atoms with E-state index in [-0.39, 0.29) is 22.8 Å². The quantitative estimate of drug-likeness (QED) is 0.265. The molecule has 1 atom stereocenters. The fourth-order valence-electron chi connectivity index (χ4n) is 4.24. The summed E-state index contributed by atoms with van der Waals surface area (Å²) in [5.41, 5.74) is 13.5. The number of nitrogen functional groups attached to an aromatic ring is 1. The monoisotopic (exact) mass is 561 g/mol. The van der Waals surface area contributed by atoms with Gasteiger partial charge in [0, 0.05) is 12.2 Å². The maximum Gasteiger partial charge on any atom is 0.273 e. The number of nitrogens with one attached hydrogen (secondary N) is 1. The number of primary amides is 1. The maximum absolute atomic E-state index is 14.2. The minimum Gasteiger partial charge on any atom is -0.497 e. The Morgan fingerprint density at radius 3 is 2.33 bits per heavy atom. The van der Waals surface area contributed by atoms with E-state index in [1.165, 1.54) is 29.2 Å². The molecule has 0 fully saturated rings. The number of halogens is 1. The Labute approximate surface area is 234 Å². The Hall–Kier alpha value is -4.77. The van der Waals surface area contributed by atoms with E-state index in [1.807, 2.05) is 31.2 Å². The lowest BCUT2D eigenvalue weighted by atomic mass is 10.00. The van der Waals surface area contributed by atoms with Crippen LogP contribution in [0.25, 0.3) is 0 Å². The Morgan fingerprint density at radius 1 is 1.05 bits per heavy atom. The lowest BCUT2D eigenvalue weighted by Crippen LogP contribution is -2.44. The van der Waals surface area contributed by atoms with Gasteiger partial charge in [-0.1, -0.05) is 49.4 Å². The van der Waals surface area contributed by atoms with Gasteiger partial charge in [0.15, 0.2) is 5.69 Å². The predicted octanol–water partition coefficient (Wildman–Crippen LogP) is 4.24. The third-order valence-corrected chi connectivity index (χ3v) is 7.18. The highest BCUT2D eigenvalue weighted by Gasteiger charge is 2.36. The van der Waals surface area contributed by atoms with Crippen LogP contribution in [0.2, 0.25) is 0 Å². The summed E-state index contributed by atoms with van der Waals surface area (Å²) in [4.78, 5) is 41.2. The van der Waals surface area contributed by atoms with Crippen LogP contribution in [0.4, 0.5) is 15.8 Å². The van der Waals surface area contributed by atoms with Gasteiger partial charge in [0.2, 0.25) is 5.91 Å². The van der Waals surface area contributed by atoms with E-state index in [2.05, 4.69) is 9.69 Å². The van der Waals surface area contributed by atoms with Crippen molar-refractivity contribution in [2.24, 2.45) is 5.73 Å². The van der Waals surface area contributed by atoms with E-state index >= 15 is 0 Å². The van der Waals surface area contributed by atoms with Crippen LogP contribution in [0.3, 0.4) is 0 Å². The highest BCUT2D eigenvalue weighted by atomic mass is 32.1. The summed E-state index contributed by atoms with van der Waals surface area (Å²) in [7, 11) is 1.56. The lowest BCUT2D eigenvalue weighted by molar-refractivity contribution is -0.122. The molecule has 3 aromatic carbocycles. The summed E-state index contributed by atoms with van der Waals surface area (Å²) in [5.74, 6) is -1.87. The second-order valence-electron chi connectivity index (χ2n) is 8.82. The molecule has 0 spiro atoms.